The molecular formula is C11H26N+. The molecule has 1 nitrogen and oxygen atoms in total. The first-order valence-corrected chi connectivity index (χ1v) is 5.37. The second kappa shape index (κ2) is 4.86. The summed E-state index contributed by atoms with van der Waals surface area (Å²) >= 11 is 0. The van der Waals surface area contributed by atoms with Gasteiger partial charge in [0.1, 0.15) is 0 Å². The summed E-state index contributed by atoms with van der Waals surface area (Å²) in [5.74, 6) is 0. The van der Waals surface area contributed by atoms with Crippen molar-refractivity contribution in [1.82, 2.24) is 0 Å². The predicted octanol–water partition coefficient (Wildman–Crippen LogP) is 3.05. The Morgan fingerprint density at radius 1 is 0.917 bits per heavy atom. The topological polar surface area (TPSA) is 0 Å². The van der Waals surface area contributed by atoms with Crippen LogP contribution in [0.5, 0.6) is 0 Å². The van der Waals surface area contributed by atoms with Crippen LogP contribution in [0.4, 0.5) is 0 Å². The van der Waals surface area contributed by atoms with Crippen LogP contribution in [-0.4, -0.2) is 29.7 Å². The maximum atomic E-state index is 2.35. The van der Waals surface area contributed by atoms with Crippen molar-refractivity contribution in [3.05, 3.63) is 0 Å². The molecule has 0 aliphatic rings. The third-order valence-electron chi connectivity index (χ3n) is 3.29. The van der Waals surface area contributed by atoms with Gasteiger partial charge in [-0.3, -0.25) is 0 Å². The van der Waals surface area contributed by atoms with Gasteiger partial charge in [0.2, 0.25) is 0 Å². The van der Waals surface area contributed by atoms with Gasteiger partial charge in [-0.05, 0) is 41.0 Å². The number of nitrogens with zero attached hydrogens (tertiary/aromatic N) is 1. The van der Waals surface area contributed by atoms with Gasteiger partial charge in [-0.15, -0.1) is 0 Å². The van der Waals surface area contributed by atoms with Crippen LogP contribution in [0.3, 0.4) is 0 Å². The molecule has 0 aromatic heterocycles. The first-order valence-electron chi connectivity index (χ1n) is 5.37. The molecule has 74 valence electrons. The lowest BCUT2D eigenvalue weighted by Crippen LogP contribution is -2.57. The van der Waals surface area contributed by atoms with Crippen LogP contribution in [0.15, 0.2) is 0 Å². The zero-order valence-electron chi connectivity index (χ0n) is 9.72. The van der Waals surface area contributed by atoms with Crippen molar-refractivity contribution in [2.24, 2.45) is 0 Å². The molecule has 12 heavy (non-hydrogen) atoms. The Bertz CT molecular complexity index is 108. The van der Waals surface area contributed by atoms with E-state index in [0.29, 0.717) is 0 Å². The fraction of sp³-hybridized carbons (Fsp3) is 1.00. The Balaban J connectivity index is 4.51. The molecule has 0 aliphatic heterocycles. The fourth-order valence-corrected chi connectivity index (χ4v) is 2.42. The lowest BCUT2D eigenvalue weighted by Gasteiger charge is -2.45. The highest BCUT2D eigenvalue weighted by Gasteiger charge is 2.31. The van der Waals surface area contributed by atoms with Crippen LogP contribution in [0.1, 0.15) is 48.0 Å². The molecule has 0 unspecified atom stereocenters. The minimum absolute atomic E-state index is 0.759. The Morgan fingerprint density at radius 3 is 1.42 bits per heavy atom. The van der Waals surface area contributed by atoms with Crippen molar-refractivity contribution in [3.63, 3.8) is 0 Å². The van der Waals surface area contributed by atoms with Gasteiger partial charge in [0, 0.05) is 0 Å². The van der Waals surface area contributed by atoms with E-state index in [1.807, 2.05) is 0 Å². The zero-order valence-corrected chi connectivity index (χ0v) is 9.72. The van der Waals surface area contributed by atoms with E-state index in [0.717, 1.165) is 12.1 Å². The molecule has 0 saturated heterocycles. The van der Waals surface area contributed by atoms with Crippen LogP contribution in [-0.2, 0) is 0 Å². The molecule has 0 radical (unpaired) electrons. The highest BCUT2D eigenvalue weighted by molar-refractivity contribution is 4.52. The van der Waals surface area contributed by atoms with Gasteiger partial charge in [0.05, 0.1) is 25.2 Å². The molecule has 0 aromatic carbocycles. The standard InChI is InChI=1S/C11H26N/c1-7-9-12(8-2,10(3)4)11(5)6/h10-11H,7-9H2,1-6H3/q+1. The molecule has 0 aromatic rings. The van der Waals surface area contributed by atoms with Crippen molar-refractivity contribution in [2.45, 2.75) is 60.0 Å². The van der Waals surface area contributed by atoms with E-state index >= 15 is 0 Å². The van der Waals surface area contributed by atoms with Gasteiger partial charge < -0.3 is 4.48 Å². The monoisotopic (exact) mass is 172 g/mol. The summed E-state index contributed by atoms with van der Waals surface area (Å²) in [6.07, 6.45) is 1.30. The van der Waals surface area contributed by atoms with Crippen LogP contribution in [0.25, 0.3) is 0 Å². The van der Waals surface area contributed by atoms with Gasteiger partial charge in [0.15, 0.2) is 0 Å². The molecular weight excluding hydrogens is 146 g/mol. The summed E-state index contributed by atoms with van der Waals surface area (Å²) < 4.78 is 1.27. The Hall–Kier alpha value is -0.0400. The smallest absolute Gasteiger partial charge is 0.0835 e. The molecule has 0 fully saturated rings. The van der Waals surface area contributed by atoms with Crippen LogP contribution >= 0.6 is 0 Å². The van der Waals surface area contributed by atoms with Crippen LogP contribution in [0.2, 0.25) is 0 Å². The van der Waals surface area contributed by atoms with Crippen LogP contribution < -0.4 is 0 Å². The van der Waals surface area contributed by atoms with Crippen molar-refractivity contribution in [2.75, 3.05) is 13.1 Å². The summed E-state index contributed by atoms with van der Waals surface area (Å²) in [6.45, 7) is 16.6. The van der Waals surface area contributed by atoms with Gasteiger partial charge in [-0.1, -0.05) is 6.92 Å². The molecule has 0 rings (SSSR count). The minimum Gasteiger partial charge on any atom is -0.320 e. The molecule has 0 bridgehead atoms. The third-order valence-corrected chi connectivity index (χ3v) is 3.29. The Labute approximate surface area is 78.4 Å². The second-order valence-electron chi connectivity index (χ2n) is 4.33. The summed E-state index contributed by atoms with van der Waals surface area (Å²) in [5.41, 5.74) is 0. The Morgan fingerprint density at radius 2 is 1.33 bits per heavy atom. The minimum atomic E-state index is 0.759. The molecule has 0 saturated carbocycles. The van der Waals surface area contributed by atoms with Gasteiger partial charge in [-0.25, -0.2) is 0 Å². The van der Waals surface area contributed by atoms with Crippen molar-refractivity contribution in [3.8, 4) is 0 Å². The number of hydrogen-bond acceptors (Lipinski definition) is 0. The van der Waals surface area contributed by atoms with E-state index in [4.69, 9.17) is 0 Å². The fourth-order valence-electron chi connectivity index (χ4n) is 2.42. The summed E-state index contributed by atoms with van der Waals surface area (Å²) in [7, 11) is 0. The average Bonchev–Trinajstić information content (AvgIpc) is 1.98. The molecule has 0 heterocycles. The van der Waals surface area contributed by atoms with Gasteiger partial charge >= 0.3 is 0 Å². The summed E-state index contributed by atoms with van der Waals surface area (Å²) in [6, 6.07) is 1.52. The normalized spacial score (nSPS) is 13.0. The number of rotatable bonds is 5. The van der Waals surface area contributed by atoms with E-state index in [1.54, 1.807) is 0 Å². The lowest BCUT2D eigenvalue weighted by atomic mass is 10.1. The summed E-state index contributed by atoms with van der Waals surface area (Å²) in [5, 5.41) is 0. The lowest BCUT2D eigenvalue weighted by molar-refractivity contribution is -0.965. The van der Waals surface area contributed by atoms with Gasteiger partial charge in [0.25, 0.3) is 0 Å². The third kappa shape index (κ3) is 2.22. The van der Waals surface area contributed by atoms with Crippen molar-refractivity contribution < 1.29 is 4.48 Å². The first-order chi connectivity index (χ1) is 5.51. The zero-order chi connectivity index (χ0) is 9.78. The van der Waals surface area contributed by atoms with Crippen molar-refractivity contribution >= 4 is 0 Å². The first kappa shape index (κ1) is 12.0. The van der Waals surface area contributed by atoms with E-state index in [-0.39, 0.29) is 0 Å². The van der Waals surface area contributed by atoms with Crippen LogP contribution in [0, 0.1) is 0 Å². The molecule has 0 N–H and O–H groups in total. The van der Waals surface area contributed by atoms with E-state index in [9.17, 15) is 0 Å². The highest BCUT2D eigenvalue weighted by Crippen LogP contribution is 2.19. The highest BCUT2D eigenvalue weighted by atomic mass is 15.4. The number of quaternary nitrogens is 1. The molecule has 0 amide bonds. The largest absolute Gasteiger partial charge is 0.320 e. The maximum absolute atomic E-state index is 2.35. The SMILES string of the molecule is CCC[N+](CC)(C(C)C)C(C)C. The Kier molecular flexibility index (Phi) is 4.84. The predicted molar refractivity (Wildman–Crippen MR) is 56.2 cm³/mol. The molecule has 0 aliphatic carbocycles. The second-order valence-corrected chi connectivity index (χ2v) is 4.33. The van der Waals surface area contributed by atoms with E-state index < -0.39 is 0 Å². The molecule has 0 spiro atoms. The number of hydrogen-bond donors (Lipinski definition) is 0. The maximum Gasteiger partial charge on any atom is 0.0835 e. The van der Waals surface area contributed by atoms with Gasteiger partial charge in [-0.2, -0.15) is 0 Å². The van der Waals surface area contributed by atoms with E-state index in [2.05, 4.69) is 41.5 Å². The molecule has 1 heteroatoms. The molecule has 0 atom stereocenters. The summed E-state index contributed by atoms with van der Waals surface area (Å²) in [4.78, 5) is 0. The average molecular weight is 172 g/mol. The van der Waals surface area contributed by atoms with Crippen molar-refractivity contribution in [1.29, 1.82) is 0 Å². The quantitative estimate of drug-likeness (QED) is 0.559. The van der Waals surface area contributed by atoms with E-state index in [1.165, 1.54) is 24.0 Å².